The molecule has 1 heterocycles. The fourth-order valence-electron chi connectivity index (χ4n) is 2.43. The van der Waals surface area contributed by atoms with Gasteiger partial charge in [0.1, 0.15) is 6.04 Å². The van der Waals surface area contributed by atoms with Crippen LogP contribution < -0.4 is 10.6 Å². The van der Waals surface area contributed by atoms with Gasteiger partial charge >= 0.3 is 0 Å². The summed E-state index contributed by atoms with van der Waals surface area (Å²) < 4.78 is 0. The molecule has 0 aliphatic carbocycles. The lowest BCUT2D eigenvalue weighted by Crippen LogP contribution is -2.45. The van der Waals surface area contributed by atoms with Gasteiger partial charge in [0.05, 0.1) is 6.04 Å². The molecule has 0 saturated heterocycles. The van der Waals surface area contributed by atoms with Gasteiger partial charge in [-0.2, -0.15) is 0 Å². The Morgan fingerprint density at radius 3 is 2.26 bits per heavy atom. The van der Waals surface area contributed by atoms with Gasteiger partial charge in [0.2, 0.25) is 5.91 Å². The number of hydrogen-bond acceptors (Lipinski definition) is 3. The highest BCUT2D eigenvalue weighted by Crippen LogP contribution is 2.26. The van der Waals surface area contributed by atoms with Crippen molar-refractivity contribution in [3.05, 3.63) is 57.3 Å². The molecule has 1 aromatic carbocycles. The Kier molecular flexibility index (Phi) is 5.55. The fraction of sp³-hybridized carbons (Fsp3) is 0.333. The Balaban J connectivity index is 1.95. The molecule has 2 amide bonds. The summed E-state index contributed by atoms with van der Waals surface area (Å²) in [6.07, 6.45) is 0. The highest BCUT2D eigenvalue weighted by atomic mass is 32.1. The maximum atomic E-state index is 12.3. The van der Waals surface area contributed by atoms with Gasteiger partial charge in [0.15, 0.2) is 0 Å². The van der Waals surface area contributed by atoms with Crippen LogP contribution in [-0.2, 0) is 4.79 Å². The summed E-state index contributed by atoms with van der Waals surface area (Å²) in [6, 6.07) is 10.3. The van der Waals surface area contributed by atoms with Gasteiger partial charge in [0, 0.05) is 15.3 Å². The zero-order valence-corrected chi connectivity index (χ0v) is 14.7. The number of aryl methyl sites for hydroxylation is 2. The predicted octanol–water partition coefficient (Wildman–Crippen LogP) is 3.36. The van der Waals surface area contributed by atoms with Crippen molar-refractivity contribution in [2.45, 2.75) is 39.8 Å². The van der Waals surface area contributed by atoms with Crippen molar-refractivity contribution < 1.29 is 9.59 Å². The number of carbonyl (C=O) groups excluding carboxylic acids is 2. The van der Waals surface area contributed by atoms with Crippen LogP contribution in [0, 0.1) is 13.8 Å². The number of thiophene rings is 1. The van der Waals surface area contributed by atoms with Crippen LogP contribution in [0.15, 0.2) is 36.4 Å². The molecule has 4 nitrogen and oxygen atoms in total. The molecule has 0 aliphatic heterocycles. The molecule has 0 radical (unpaired) electrons. The number of carbonyl (C=O) groups is 2. The Bertz CT molecular complexity index is 694. The Morgan fingerprint density at radius 2 is 1.70 bits per heavy atom. The lowest BCUT2D eigenvalue weighted by Gasteiger charge is -2.18. The van der Waals surface area contributed by atoms with E-state index in [0.29, 0.717) is 5.56 Å². The second kappa shape index (κ2) is 7.42. The van der Waals surface area contributed by atoms with Crippen molar-refractivity contribution in [2.24, 2.45) is 0 Å². The second-order valence-corrected chi connectivity index (χ2v) is 7.12. The van der Waals surface area contributed by atoms with Gasteiger partial charge in [-0.05, 0) is 51.5 Å². The minimum atomic E-state index is -0.592. The Labute approximate surface area is 140 Å². The minimum absolute atomic E-state index is 0.0801. The standard InChI is InChI=1S/C18H22N2O2S/c1-11-10-16(14(4)23-11)12(2)19-17(21)13(3)20-18(22)15-8-6-5-7-9-15/h5-10,12-13H,1-4H3,(H,19,21)(H,20,22)/t12-,13+/m1/s1. The van der Waals surface area contributed by atoms with Crippen LogP contribution in [0.2, 0.25) is 0 Å². The molecule has 5 heteroatoms. The largest absolute Gasteiger partial charge is 0.348 e. The van der Waals surface area contributed by atoms with Gasteiger partial charge in [0.25, 0.3) is 5.91 Å². The smallest absolute Gasteiger partial charge is 0.251 e. The summed E-state index contributed by atoms with van der Waals surface area (Å²) in [5, 5.41) is 5.68. The molecule has 2 atom stereocenters. The zero-order chi connectivity index (χ0) is 17.0. The van der Waals surface area contributed by atoms with Gasteiger partial charge < -0.3 is 10.6 Å². The van der Waals surface area contributed by atoms with E-state index in [1.54, 1.807) is 42.5 Å². The molecule has 2 rings (SSSR count). The number of rotatable bonds is 5. The molecule has 1 aromatic heterocycles. The van der Waals surface area contributed by atoms with Crippen LogP contribution in [0.5, 0.6) is 0 Å². The zero-order valence-electron chi connectivity index (χ0n) is 13.8. The highest BCUT2D eigenvalue weighted by Gasteiger charge is 2.20. The summed E-state index contributed by atoms with van der Waals surface area (Å²) in [6.45, 7) is 7.75. The summed E-state index contributed by atoms with van der Waals surface area (Å²) >= 11 is 1.72. The van der Waals surface area contributed by atoms with E-state index in [2.05, 4.69) is 30.5 Å². The quantitative estimate of drug-likeness (QED) is 0.883. The molecule has 0 unspecified atom stereocenters. The van der Waals surface area contributed by atoms with E-state index in [4.69, 9.17) is 0 Å². The van der Waals surface area contributed by atoms with E-state index in [0.717, 1.165) is 5.56 Å². The third kappa shape index (κ3) is 4.42. The lowest BCUT2D eigenvalue weighted by atomic mass is 10.1. The SMILES string of the molecule is Cc1cc([C@@H](C)NC(=O)[C@H](C)NC(=O)c2ccccc2)c(C)s1. The molecule has 0 saturated carbocycles. The topological polar surface area (TPSA) is 58.2 Å². The molecule has 122 valence electrons. The van der Waals surface area contributed by atoms with E-state index in [-0.39, 0.29) is 17.9 Å². The maximum absolute atomic E-state index is 12.3. The highest BCUT2D eigenvalue weighted by molar-refractivity contribution is 7.12. The number of nitrogens with one attached hydrogen (secondary N) is 2. The first kappa shape index (κ1) is 17.2. The van der Waals surface area contributed by atoms with Crippen molar-refractivity contribution in [3.8, 4) is 0 Å². The summed E-state index contributed by atoms with van der Waals surface area (Å²) in [7, 11) is 0. The van der Waals surface area contributed by atoms with Crippen LogP contribution >= 0.6 is 11.3 Å². The van der Waals surface area contributed by atoms with Gasteiger partial charge in [-0.15, -0.1) is 11.3 Å². The fourth-order valence-corrected chi connectivity index (χ4v) is 3.45. The summed E-state index contributed by atoms with van der Waals surface area (Å²) in [4.78, 5) is 26.8. The van der Waals surface area contributed by atoms with Crippen LogP contribution in [0.25, 0.3) is 0 Å². The Hall–Kier alpha value is -2.14. The van der Waals surface area contributed by atoms with Gasteiger partial charge in [-0.1, -0.05) is 18.2 Å². The first-order valence-electron chi connectivity index (χ1n) is 7.61. The second-order valence-electron chi connectivity index (χ2n) is 5.66. The van der Waals surface area contributed by atoms with E-state index in [1.165, 1.54) is 9.75 Å². The predicted molar refractivity (Wildman–Crippen MR) is 93.7 cm³/mol. The molecule has 23 heavy (non-hydrogen) atoms. The monoisotopic (exact) mass is 330 g/mol. The van der Waals surface area contributed by atoms with Crippen molar-refractivity contribution in [1.82, 2.24) is 10.6 Å². The minimum Gasteiger partial charge on any atom is -0.348 e. The number of hydrogen-bond donors (Lipinski definition) is 2. The lowest BCUT2D eigenvalue weighted by molar-refractivity contribution is -0.123. The Morgan fingerprint density at radius 1 is 1.04 bits per heavy atom. The van der Waals surface area contributed by atoms with Crippen molar-refractivity contribution >= 4 is 23.2 Å². The van der Waals surface area contributed by atoms with Gasteiger partial charge in [-0.3, -0.25) is 9.59 Å². The third-order valence-electron chi connectivity index (χ3n) is 3.68. The molecule has 0 fully saturated rings. The first-order valence-corrected chi connectivity index (χ1v) is 8.43. The van der Waals surface area contributed by atoms with Crippen LogP contribution in [0.3, 0.4) is 0 Å². The molecule has 0 spiro atoms. The molecule has 0 bridgehead atoms. The van der Waals surface area contributed by atoms with Crippen molar-refractivity contribution in [1.29, 1.82) is 0 Å². The first-order chi connectivity index (χ1) is 10.9. The van der Waals surface area contributed by atoms with Crippen molar-refractivity contribution in [3.63, 3.8) is 0 Å². The molecule has 0 aliphatic rings. The van der Waals surface area contributed by atoms with Gasteiger partial charge in [-0.25, -0.2) is 0 Å². The number of amides is 2. The third-order valence-corrected chi connectivity index (χ3v) is 4.66. The van der Waals surface area contributed by atoms with Crippen molar-refractivity contribution in [2.75, 3.05) is 0 Å². The van der Waals surface area contributed by atoms with Crippen LogP contribution in [0.4, 0.5) is 0 Å². The average molecular weight is 330 g/mol. The molecular formula is C18H22N2O2S. The number of benzene rings is 1. The van der Waals surface area contributed by atoms with E-state index in [9.17, 15) is 9.59 Å². The van der Waals surface area contributed by atoms with E-state index >= 15 is 0 Å². The summed E-state index contributed by atoms with van der Waals surface area (Å²) in [5.74, 6) is -0.437. The average Bonchev–Trinajstić information content (AvgIpc) is 2.86. The molecule has 2 aromatic rings. The maximum Gasteiger partial charge on any atom is 0.251 e. The molecular weight excluding hydrogens is 308 g/mol. The van der Waals surface area contributed by atoms with Crippen LogP contribution in [0.1, 0.15) is 45.6 Å². The van der Waals surface area contributed by atoms with Crippen LogP contribution in [-0.4, -0.2) is 17.9 Å². The normalized spacial score (nSPS) is 13.2. The summed E-state index contributed by atoms with van der Waals surface area (Å²) in [5.41, 5.74) is 1.67. The van der Waals surface area contributed by atoms with E-state index in [1.807, 2.05) is 13.0 Å². The van der Waals surface area contributed by atoms with E-state index < -0.39 is 6.04 Å². The molecule has 2 N–H and O–H groups in total.